The third-order valence-corrected chi connectivity index (χ3v) is 3.63. The van der Waals surface area contributed by atoms with Gasteiger partial charge >= 0.3 is 0 Å². The van der Waals surface area contributed by atoms with Crippen molar-refractivity contribution in [1.29, 1.82) is 0 Å². The average molecular weight is 242 g/mol. The number of rotatable bonds is 2. The quantitative estimate of drug-likeness (QED) is 0.803. The predicted molar refractivity (Wildman–Crippen MR) is 73.9 cm³/mol. The Morgan fingerprint density at radius 1 is 1.06 bits per heavy atom. The summed E-state index contributed by atoms with van der Waals surface area (Å²) < 4.78 is 0. The van der Waals surface area contributed by atoms with Crippen LogP contribution in [0.3, 0.4) is 0 Å². The zero-order valence-corrected chi connectivity index (χ0v) is 10.7. The molecule has 1 saturated heterocycles. The van der Waals surface area contributed by atoms with E-state index in [9.17, 15) is 0 Å². The monoisotopic (exact) mass is 242 g/mol. The van der Waals surface area contributed by atoms with Crippen molar-refractivity contribution in [3.8, 4) is 0 Å². The molecule has 94 valence electrons. The van der Waals surface area contributed by atoms with Crippen molar-refractivity contribution in [2.75, 3.05) is 37.6 Å². The number of pyridine rings is 2. The van der Waals surface area contributed by atoms with Crippen LogP contribution < -0.4 is 4.90 Å². The molecule has 1 aliphatic heterocycles. The maximum Gasteiger partial charge on any atom is 0.138 e. The Kier molecular flexibility index (Phi) is 3.11. The van der Waals surface area contributed by atoms with Gasteiger partial charge in [0.05, 0.1) is 5.52 Å². The molecular formula is C14H18N4. The molecule has 1 aliphatic rings. The van der Waals surface area contributed by atoms with Gasteiger partial charge in [0.15, 0.2) is 0 Å². The first-order chi connectivity index (χ1) is 8.88. The molecule has 0 atom stereocenters. The van der Waals surface area contributed by atoms with Gasteiger partial charge in [-0.1, -0.05) is 6.92 Å². The van der Waals surface area contributed by atoms with E-state index in [1.165, 1.54) is 0 Å². The molecule has 4 heteroatoms. The fraction of sp³-hybridized carbons (Fsp3) is 0.429. The van der Waals surface area contributed by atoms with Gasteiger partial charge < -0.3 is 9.80 Å². The number of nitrogens with zero attached hydrogens (tertiary/aromatic N) is 4. The molecular weight excluding hydrogens is 224 g/mol. The van der Waals surface area contributed by atoms with Crippen molar-refractivity contribution < 1.29 is 0 Å². The van der Waals surface area contributed by atoms with Crippen molar-refractivity contribution in [3.63, 3.8) is 0 Å². The van der Waals surface area contributed by atoms with Gasteiger partial charge in [-0.25, -0.2) is 4.98 Å². The predicted octanol–water partition coefficient (Wildman–Crippen LogP) is 1.77. The van der Waals surface area contributed by atoms with E-state index < -0.39 is 0 Å². The lowest BCUT2D eigenvalue weighted by molar-refractivity contribution is 0.271. The summed E-state index contributed by atoms with van der Waals surface area (Å²) in [5.41, 5.74) is 1.03. The molecule has 0 bridgehead atoms. The van der Waals surface area contributed by atoms with E-state index in [2.05, 4.69) is 32.8 Å². The van der Waals surface area contributed by atoms with Crippen molar-refractivity contribution in [3.05, 3.63) is 30.6 Å². The highest BCUT2D eigenvalue weighted by molar-refractivity contribution is 5.89. The first kappa shape index (κ1) is 11.4. The van der Waals surface area contributed by atoms with Crippen molar-refractivity contribution >= 4 is 16.7 Å². The van der Waals surface area contributed by atoms with E-state index in [0.717, 1.165) is 49.4 Å². The Hall–Kier alpha value is -1.68. The summed E-state index contributed by atoms with van der Waals surface area (Å²) in [6.07, 6.45) is 3.69. The summed E-state index contributed by atoms with van der Waals surface area (Å²) in [6, 6.07) is 6.06. The summed E-state index contributed by atoms with van der Waals surface area (Å²) >= 11 is 0. The highest BCUT2D eigenvalue weighted by Gasteiger charge is 2.18. The van der Waals surface area contributed by atoms with Gasteiger partial charge in [0.25, 0.3) is 0 Å². The van der Waals surface area contributed by atoms with E-state index >= 15 is 0 Å². The Labute approximate surface area is 107 Å². The first-order valence-electron chi connectivity index (χ1n) is 6.55. The van der Waals surface area contributed by atoms with Crippen LogP contribution in [-0.4, -0.2) is 47.6 Å². The van der Waals surface area contributed by atoms with Gasteiger partial charge in [-0.2, -0.15) is 0 Å². The molecule has 1 fully saturated rings. The average Bonchev–Trinajstić information content (AvgIpc) is 2.47. The van der Waals surface area contributed by atoms with E-state index in [0.29, 0.717) is 0 Å². The fourth-order valence-corrected chi connectivity index (χ4v) is 2.52. The summed E-state index contributed by atoms with van der Waals surface area (Å²) in [5.74, 6) is 1.08. The third-order valence-electron chi connectivity index (χ3n) is 3.63. The molecule has 0 amide bonds. The molecule has 2 aromatic heterocycles. The smallest absolute Gasteiger partial charge is 0.138 e. The number of aromatic nitrogens is 2. The standard InChI is InChI=1S/C14H18N4/c1-2-17-8-10-18(11-9-17)14-12-4-3-6-15-13(12)5-7-16-14/h3-7H,2,8-11H2,1H3. The Morgan fingerprint density at radius 2 is 1.89 bits per heavy atom. The van der Waals surface area contributed by atoms with Crippen LogP contribution in [0, 0.1) is 0 Å². The minimum absolute atomic E-state index is 1.03. The minimum Gasteiger partial charge on any atom is -0.353 e. The van der Waals surface area contributed by atoms with Gasteiger partial charge in [0.1, 0.15) is 5.82 Å². The van der Waals surface area contributed by atoms with E-state index in [-0.39, 0.29) is 0 Å². The van der Waals surface area contributed by atoms with Crippen LogP contribution in [-0.2, 0) is 0 Å². The number of anilines is 1. The van der Waals surface area contributed by atoms with Crippen LogP contribution in [0.25, 0.3) is 10.9 Å². The molecule has 0 radical (unpaired) electrons. The molecule has 0 saturated carbocycles. The molecule has 3 rings (SSSR count). The second kappa shape index (κ2) is 4.90. The van der Waals surface area contributed by atoms with E-state index in [1.54, 1.807) is 0 Å². The maximum absolute atomic E-state index is 4.55. The summed E-state index contributed by atoms with van der Waals surface area (Å²) in [4.78, 5) is 13.8. The number of hydrogen-bond donors (Lipinski definition) is 0. The van der Waals surface area contributed by atoms with E-state index in [1.807, 2.05) is 24.5 Å². The third kappa shape index (κ3) is 2.04. The van der Waals surface area contributed by atoms with Crippen LogP contribution in [0.2, 0.25) is 0 Å². The SMILES string of the molecule is CCN1CCN(c2nccc3ncccc23)CC1. The number of hydrogen-bond acceptors (Lipinski definition) is 4. The second-order valence-electron chi connectivity index (χ2n) is 4.63. The molecule has 3 heterocycles. The zero-order chi connectivity index (χ0) is 12.4. The molecule has 0 aromatic carbocycles. The Morgan fingerprint density at radius 3 is 2.67 bits per heavy atom. The van der Waals surface area contributed by atoms with Gasteiger partial charge in [0.2, 0.25) is 0 Å². The van der Waals surface area contributed by atoms with Gasteiger partial charge in [-0.05, 0) is 24.7 Å². The lowest BCUT2D eigenvalue weighted by Gasteiger charge is -2.35. The highest BCUT2D eigenvalue weighted by atomic mass is 15.3. The van der Waals surface area contributed by atoms with Crippen molar-refractivity contribution in [1.82, 2.24) is 14.9 Å². The van der Waals surface area contributed by atoms with Crippen LogP contribution in [0.1, 0.15) is 6.92 Å². The molecule has 0 spiro atoms. The lowest BCUT2D eigenvalue weighted by Crippen LogP contribution is -2.46. The number of piperazine rings is 1. The number of likely N-dealkylation sites (N-methyl/N-ethyl adjacent to an activating group) is 1. The molecule has 0 aliphatic carbocycles. The summed E-state index contributed by atoms with van der Waals surface area (Å²) in [7, 11) is 0. The van der Waals surface area contributed by atoms with Crippen LogP contribution in [0.4, 0.5) is 5.82 Å². The first-order valence-corrected chi connectivity index (χ1v) is 6.55. The second-order valence-corrected chi connectivity index (χ2v) is 4.63. The fourth-order valence-electron chi connectivity index (χ4n) is 2.52. The highest BCUT2D eigenvalue weighted by Crippen LogP contribution is 2.23. The molecule has 2 aromatic rings. The van der Waals surface area contributed by atoms with Crippen molar-refractivity contribution in [2.24, 2.45) is 0 Å². The van der Waals surface area contributed by atoms with Crippen LogP contribution in [0.5, 0.6) is 0 Å². The number of fused-ring (bicyclic) bond motifs is 1. The molecule has 0 unspecified atom stereocenters. The largest absolute Gasteiger partial charge is 0.353 e. The topological polar surface area (TPSA) is 32.3 Å². The minimum atomic E-state index is 1.03. The van der Waals surface area contributed by atoms with Crippen LogP contribution in [0.15, 0.2) is 30.6 Å². The summed E-state index contributed by atoms with van der Waals surface area (Å²) in [6.45, 7) is 7.70. The molecule has 0 N–H and O–H groups in total. The maximum atomic E-state index is 4.55. The normalized spacial score (nSPS) is 17.3. The summed E-state index contributed by atoms with van der Waals surface area (Å²) in [5, 5.41) is 1.16. The van der Waals surface area contributed by atoms with Crippen molar-refractivity contribution in [2.45, 2.75) is 6.92 Å². The van der Waals surface area contributed by atoms with Gasteiger partial charge in [-0.15, -0.1) is 0 Å². The molecule has 18 heavy (non-hydrogen) atoms. The van der Waals surface area contributed by atoms with E-state index in [4.69, 9.17) is 0 Å². The Balaban J connectivity index is 1.91. The Bertz CT molecular complexity index is 527. The lowest BCUT2D eigenvalue weighted by atomic mass is 10.2. The van der Waals surface area contributed by atoms with Crippen LogP contribution >= 0.6 is 0 Å². The van der Waals surface area contributed by atoms with Gasteiger partial charge in [0, 0.05) is 44.0 Å². The molecule has 4 nitrogen and oxygen atoms in total. The van der Waals surface area contributed by atoms with Gasteiger partial charge in [-0.3, -0.25) is 4.98 Å². The zero-order valence-electron chi connectivity index (χ0n) is 10.7.